The predicted octanol–water partition coefficient (Wildman–Crippen LogP) is 5.76. The molecular weight excluding hydrogens is 362 g/mol. The number of hydrogen-bond acceptors (Lipinski definition) is 1. The molecule has 0 aliphatic heterocycles. The molecule has 1 aromatic carbocycles. The fourth-order valence-electron chi connectivity index (χ4n) is 12.8. The lowest BCUT2D eigenvalue weighted by atomic mass is 9.53. The van der Waals surface area contributed by atoms with Crippen molar-refractivity contribution >= 4 is 0 Å². The van der Waals surface area contributed by atoms with E-state index in [4.69, 9.17) is 0 Å². The van der Waals surface area contributed by atoms with Crippen molar-refractivity contribution in [3.05, 3.63) is 48.0 Å². The first-order valence-corrected chi connectivity index (χ1v) is 13.0. The van der Waals surface area contributed by atoms with Gasteiger partial charge in [0.15, 0.2) is 0 Å². The van der Waals surface area contributed by atoms with Crippen LogP contribution >= 0.6 is 0 Å². The minimum absolute atomic E-state index is 0.285. The van der Waals surface area contributed by atoms with Gasteiger partial charge in [-0.1, -0.05) is 42.5 Å². The molecule has 30 heavy (non-hydrogen) atoms. The van der Waals surface area contributed by atoms with E-state index < -0.39 is 0 Å². The van der Waals surface area contributed by atoms with E-state index >= 15 is 0 Å². The summed E-state index contributed by atoms with van der Waals surface area (Å²) >= 11 is 0. The van der Waals surface area contributed by atoms with Gasteiger partial charge in [0.2, 0.25) is 0 Å². The molecule has 0 radical (unpaired) electrons. The monoisotopic (exact) mass is 393 g/mol. The molecule has 7 fully saturated rings. The number of rotatable bonds is 1. The van der Waals surface area contributed by atoms with Crippen LogP contribution in [-0.4, -0.2) is 0 Å². The number of benzene rings is 1. The van der Waals surface area contributed by atoms with Crippen LogP contribution in [0, 0.1) is 100 Å². The molecule has 0 heterocycles. The van der Waals surface area contributed by atoms with E-state index in [1.807, 2.05) is 0 Å². The minimum Gasteiger partial charge on any atom is -0.198 e. The molecule has 9 rings (SSSR count). The highest BCUT2D eigenvalue weighted by Gasteiger charge is 2.76. The van der Waals surface area contributed by atoms with Crippen LogP contribution in [-0.2, 0) is 0 Å². The van der Waals surface area contributed by atoms with Crippen molar-refractivity contribution in [1.29, 1.82) is 5.26 Å². The summed E-state index contributed by atoms with van der Waals surface area (Å²) in [6.07, 6.45) is 11.2. The number of hydrogen-bond donors (Lipinski definition) is 0. The number of fused-ring (bicyclic) bond motifs is 23. The van der Waals surface area contributed by atoms with Gasteiger partial charge in [-0.25, -0.2) is 0 Å². The molecule has 16 atom stereocenters. The smallest absolute Gasteiger partial charge is 0.0665 e. The highest BCUT2D eigenvalue weighted by atomic mass is 14.8. The minimum atomic E-state index is 0.285. The number of nitrogens with zero attached hydrogens (tertiary/aromatic N) is 1. The lowest BCUT2D eigenvalue weighted by Gasteiger charge is -2.51. The molecule has 0 amide bonds. The molecular formula is C29H31N. The van der Waals surface area contributed by atoms with Gasteiger partial charge in [-0.3, -0.25) is 0 Å². The summed E-state index contributed by atoms with van der Waals surface area (Å²) in [4.78, 5) is 0. The molecule has 0 N–H and O–H groups in total. The van der Waals surface area contributed by atoms with E-state index in [0.29, 0.717) is 11.8 Å². The summed E-state index contributed by atoms with van der Waals surface area (Å²) in [5.41, 5.74) is 1.47. The molecule has 8 bridgehead atoms. The Balaban J connectivity index is 1.12. The first-order chi connectivity index (χ1) is 14.8. The van der Waals surface area contributed by atoms with Crippen LogP contribution in [0.3, 0.4) is 0 Å². The fraction of sp³-hybridized carbons (Fsp3) is 0.690. The van der Waals surface area contributed by atoms with Crippen molar-refractivity contribution in [2.75, 3.05) is 0 Å². The van der Waals surface area contributed by atoms with Crippen molar-refractivity contribution in [3.63, 3.8) is 0 Å². The first-order valence-electron chi connectivity index (χ1n) is 13.0. The topological polar surface area (TPSA) is 23.8 Å². The Kier molecular flexibility index (Phi) is 2.74. The quantitative estimate of drug-likeness (QED) is 0.439. The van der Waals surface area contributed by atoms with Gasteiger partial charge in [0.05, 0.1) is 12.0 Å². The molecule has 1 heteroatoms. The molecule has 0 spiro atoms. The SMILES string of the molecule is N#CC1C2CC(C1c1ccccc1)C1C3CC(C21)C1C2CC(C4C5C=CC(C5)C24)C31. The summed E-state index contributed by atoms with van der Waals surface area (Å²) < 4.78 is 0. The summed E-state index contributed by atoms with van der Waals surface area (Å²) in [7, 11) is 0. The van der Waals surface area contributed by atoms with E-state index in [2.05, 4.69) is 48.6 Å². The largest absolute Gasteiger partial charge is 0.198 e. The van der Waals surface area contributed by atoms with E-state index in [1.165, 1.54) is 18.4 Å². The van der Waals surface area contributed by atoms with Crippen LogP contribution in [0.1, 0.15) is 37.2 Å². The second-order valence-electron chi connectivity index (χ2n) is 12.7. The second-order valence-corrected chi connectivity index (χ2v) is 12.7. The van der Waals surface area contributed by atoms with Crippen molar-refractivity contribution in [1.82, 2.24) is 0 Å². The van der Waals surface area contributed by atoms with Crippen LogP contribution in [0.2, 0.25) is 0 Å². The Morgan fingerprint density at radius 2 is 1.13 bits per heavy atom. The Morgan fingerprint density at radius 1 is 0.600 bits per heavy atom. The van der Waals surface area contributed by atoms with Gasteiger partial charge in [-0.05, 0) is 114 Å². The Labute approximate surface area is 179 Å². The van der Waals surface area contributed by atoms with Crippen LogP contribution in [0.25, 0.3) is 0 Å². The van der Waals surface area contributed by atoms with Gasteiger partial charge in [0.25, 0.3) is 0 Å². The zero-order valence-corrected chi connectivity index (χ0v) is 17.6. The first kappa shape index (κ1) is 16.1. The van der Waals surface area contributed by atoms with Crippen LogP contribution in [0.15, 0.2) is 42.5 Å². The highest BCUT2D eigenvalue weighted by molar-refractivity contribution is 5.33. The van der Waals surface area contributed by atoms with Crippen LogP contribution in [0.5, 0.6) is 0 Å². The third kappa shape index (κ3) is 1.54. The Morgan fingerprint density at radius 3 is 1.77 bits per heavy atom. The normalized spacial score (nSPS) is 64.0. The molecule has 0 aromatic heterocycles. The molecule has 152 valence electrons. The maximum absolute atomic E-state index is 10.2. The maximum atomic E-state index is 10.2. The van der Waals surface area contributed by atoms with Gasteiger partial charge in [0.1, 0.15) is 0 Å². The van der Waals surface area contributed by atoms with Crippen LogP contribution < -0.4 is 0 Å². The maximum Gasteiger partial charge on any atom is 0.0665 e. The molecule has 7 saturated carbocycles. The van der Waals surface area contributed by atoms with E-state index in [0.717, 1.165) is 76.9 Å². The standard InChI is InChI=1S/C29H31N/c30-12-22-16-9-17(23(22)13-4-2-1-3-5-13)27-21-11-20(26(16)27)28-18-10-19(29(21)28)25-15-7-6-14(8-15)24(18)25/h1-7,14-29H,8-11H2. The fourth-order valence-corrected chi connectivity index (χ4v) is 12.8. The second kappa shape index (κ2) is 5.09. The van der Waals surface area contributed by atoms with Gasteiger partial charge >= 0.3 is 0 Å². The summed E-state index contributed by atoms with van der Waals surface area (Å²) in [5, 5.41) is 10.2. The average molecular weight is 394 g/mol. The zero-order chi connectivity index (χ0) is 19.3. The number of nitriles is 1. The number of allylic oxidation sites excluding steroid dienone is 2. The molecule has 8 aliphatic carbocycles. The third-order valence-corrected chi connectivity index (χ3v) is 12.7. The van der Waals surface area contributed by atoms with Crippen molar-refractivity contribution in [2.24, 2.45) is 88.8 Å². The third-order valence-electron chi connectivity index (χ3n) is 12.7. The van der Waals surface area contributed by atoms with Gasteiger partial charge in [0, 0.05) is 5.92 Å². The van der Waals surface area contributed by atoms with Gasteiger partial charge < -0.3 is 0 Å². The summed E-state index contributed by atoms with van der Waals surface area (Å²) in [6, 6.07) is 14.0. The van der Waals surface area contributed by atoms with Gasteiger partial charge in [-0.15, -0.1) is 0 Å². The van der Waals surface area contributed by atoms with Gasteiger partial charge in [-0.2, -0.15) is 5.26 Å². The van der Waals surface area contributed by atoms with E-state index in [9.17, 15) is 5.26 Å². The van der Waals surface area contributed by atoms with Crippen LogP contribution in [0.4, 0.5) is 0 Å². The molecule has 1 aromatic rings. The summed E-state index contributed by atoms with van der Waals surface area (Å²) in [5.74, 6) is 14.5. The molecule has 16 unspecified atom stereocenters. The Bertz CT molecular complexity index is 1000. The van der Waals surface area contributed by atoms with E-state index in [-0.39, 0.29) is 5.92 Å². The predicted molar refractivity (Wildman–Crippen MR) is 115 cm³/mol. The Hall–Kier alpha value is -1.55. The lowest BCUT2D eigenvalue weighted by molar-refractivity contribution is -0.0273. The highest BCUT2D eigenvalue weighted by Crippen LogP contribution is 2.82. The lowest BCUT2D eigenvalue weighted by Crippen LogP contribution is -2.48. The van der Waals surface area contributed by atoms with Crippen molar-refractivity contribution < 1.29 is 0 Å². The summed E-state index contributed by atoms with van der Waals surface area (Å²) in [6.45, 7) is 0. The molecule has 1 nitrogen and oxygen atoms in total. The average Bonchev–Trinajstić information content (AvgIpc) is 3.62. The van der Waals surface area contributed by atoms with Crippen molar-refractivity contribution in [2.45, 2.75) is 31.6 Å². The molecule has 8 aliphatic rings. The zero-order valence-electron chi connectivity index (χ0n) is 17.6. The van der Waals surface area contributed by atoms with Crippen molar-refractivity contribution in [3.8, 4) is 6.07 Å². The molecule has 0 saturated heterocycles. The van der Waals surface area contributed by atoms with E-state index in [1.54, 1.807) is 12.8 Å².